The summed E-state index contributed by atoms with van der Waals surface area (Å²) in [5.41, 5.74) is 0. The van der Waals surface area contributed by atoms with E-state index in [2.05, 4.69) is 31.3 Å². The lowest BCUT2D eigenvalue weighted by Gasteiger charge is -2.20. The van der Waals surface area contributed by atoms with Gasteiger partial charge in [-0.1, -0.05) is 244 Å². The third-order valence-corrected chi connectivity index (χ3v) is 12.5. The van der Waals surface area contributed by atoms with Gasteiger partial charge in [0.2, 0.25) is 5.91 Å². The molecule has 0 saturated heterocycles. The number of unbranched alkanes of at least 4 members (excludes halogenated alkanes) is 37. The molecule has 6 heteroatoms. The van der Waals surface area contributed by atoms with Gasteiger partial charge < -0.3 is 20.3 Å². The number of amides is 1. The van der Waals surface area contributed by atoms with Gasteiger partial charge in [0.25, 0.3) is 0 Å². The van der Waals surface area contributed by atoms with Crippen LogP contribution in [0, 0.1) is 0 Å². The number of hydrogen-bond acceptors (Lipinski definition) is 5. The molecule has 3 N–H and O–H groups in total. The lowest BCUT2D eigenvalue weighted by molar-refractivity contribution is -0.143. The monoisotopic (exact) mass is 860 g/mol. The van der Waals surface area contributed by atoms with Crippen molar-refractivity contribution in [3.05, 3.63) is 24.3 Å². The van der Waals surface area contributed by atoms with E-state index < -0.39 is 12.1 Å². The summed E-state index contributed by atoms with van der Waals surface area (Å²) in [5, 5.41) is 23.1. The van der Waals surface area contributed by atoms with Crippen molar-refractivity contribution in [1.82, 2.24) is 5.32 Å². The van der Waals surface area contributed by atoms with Crippen LogP contribution in [-0.4, -0.2) is 47.4 Å². The van der Waals surface area contributed by atoms with Crippen molar-refractivity contribution in [1.29, 1.82) is 0 Å². The molecule has 0 saturated carbocycles. The van der Waals surface area contributed by atoms with Crippen LogP contribution in [0.15, 0.2) is 24.3 Å². The van der Waals surface area contributed by atoms with Gasteiger partial charge in [0.1, 0.15) is 0 Å². The van der Waals surface area contributed by atoms with Crippen molar-refractivity contribution in [3.8, 4) is 0 Å². The summed E-state index contributed by atoms with van der Waals surface area (Å²) in [6.45, 7) is 4.82. The van der Waals surface area contributed by atoms with Gasteiger partial charge in [0.05, 0.1) is 25.4 Å². The highest BCUT2D eigenvalue weighted by Crippen LogP contribution is 2.16. The molecule has 6 nitrogen and oxygen atoms in total. The van der Waals surface area contributed by atoms with Crippen molar-refractivity contribution in [2.45, 2.75) is 302 Å². The van der Waals surface area contributed by atoms with Crippen LogP contribution in [-0.2, 0) is 14.3 Å². The number of aliphatic hydroxyl groups is 2. The van der Waals surface area contributed by atoms with Gasteiger partial charge in [-0.25, -0.2) is 0 Å². The number of carbonyl (C=O) groups is 2. The maximum atomic E-state index is 12.4. The van der Waals surface area contributed by atoms with Gasteiger partial charge in [0.15, 0.2) is 0 Å². The highest BCUT2D eigenvalue weighted by molar-refractivity contribution is 5.76. The molecule has 0 aromatic heterocycles. The lowest BCUT2D eigenvalue weighted by Crippen LogP contribution is -2.45. The quantitative estimate of drug-likeness (QED) is 0.0322. The van der Waals surface area contributed by atoms with Gasteiger partial charge >= 0.3 is 5.97 Å². The molecule has 0 heterocycles. The summed E-state index contributed by atoms with van der Waals surface area (Å²) < 4.78 is 5.42. The fraction of sp³-hybridized carbons (Fsp3) is 0.891. The van der Waals surface area contributed by atoms with E-state index >= 15 is 0 Å². The third-order valence-electron chi connectivity index (χ3n) is 12.5. The molecule has 0 aliphatic rings. The second-order valence-corrected chi connectivity index (χ2v) is 18.6. The third kappa shape index (κ3) is 47.7. The van der Waals surface area contributed by atoms with Crippen LogP contribution in [0.1, 0.15) is 290 Å². The van der Waals surface area contributed by atoms with E-state index in [1.807, 2.05) is 6.08 Å². The maximum Gasteiger partial charge on any atom is 0.305 e. The molecule has 0 fully saturated rings. The predicted molar refractivity (Wildman–Crippen MR) is 264 cm³/mol. The summed E-state index contributed by atoms with van der Waals surface area (Å²) in [4.78, 5) is 24.4. The predicted octanol–water partition coefficient (Wildman–Crippen LogP) is 16.3. The molecule has 0 aromatic rings. The van der Waals surface area contributed by atoms with E-state index in [0.717, 1.165) is 77.0 Å². The standard InChI is InChI=1S/C55H105NO5/c1-3-5-7-9-11-13-15-16-17-18-19-20-21-22-23-24-25-26-28-31-35-39-43-47-53(58)52(51-57)56-54(59)48-44-40-36-32-29-30-34-38-42-46-50-61-55(60)49-45-41-37-33-27-14-12-10-8-6-4-2/h30,34,43,47,52-53,57-58H,3-29,31-33,35-42,44-46,48-51H2,1-2H3,(H,56,59)/b34-30-,47-43+. The average Bonchev–Trinajstić information content (AvgIpc) is 3.26. The first-order valence-corrected chi connectivity index (χ1v) is 27.1. The normalized spacial score (nSPS) is 12.8. The Hall–Kier alpha value is -1.66. The number of rotatable bonds is 50. The van der Waals surface area contributed by atoms with Gasteiger partial charge in [-0.05, 0) is 57.8 Å². The number of ether oxygens (including phenoxy) is 1. The van der Waals surface area contributed by atoms with Gasteiger partial charge in [-0.15, -0.1) is 0 Å². The molecule has 2 unspecified atom stereocenters. The Morgan fingerprint density at radius 1 is 0.443 bits per heavy atom. The lowest BCUT2D eigenvalue weighted by atomic mass is 10.0. The Balaban J connectivity index is 3.55. The summed E-state index contributed by atoms with van der Waals surface area (Å²) >= 11 is 0. The number of esters is 1. The zero-order valence-corrected chi connectivity index (χ0v) is 40.9. The molecule has 2 atom stereocenters. The first kappa shape index (κ1) is 59.3. The van der Waals surface area contributed by atoms with Crippen LogP contribution in [0.2, 0.25) is 0 Å². The molecule has 61 heavy (non-hydrogen) atoms. The molecule has 0 aromatic carbocycles. The first-order chi connectivity index (χ1) is 30.0. The molecule has 0 aliphatic heterocycles. The van der Waals surface area contributed by atoms with Gasteiger partial charge in [-0.3, -0.25) is 9.59 Å². The zero-order chi connectivity index (χ0) is 44.4. The summed E-state index contributed by atoms with van der Waals surface area (Å²) in [5.74, 6) is -0.140. The summed E-state index contributed by atoms with van der Waals surface area (Å²) in [6.07, 6.45) is 60.5. The minimum absolute atomic E-state index is 0.0384. The second-order valence-electron chi connectivity index (χ2n) is 18.6. The molecule has 1 amide bonds. The number of hydrogen-bond donors (Lipinski definition) is 3. The number of nitrogens with one attached hydrogen (secondary N) is 1. The average molecular weight is 860 g/mol. The molecule has 0 radical (unpaired) electrons. The van der Waals surface area contributed by atoms with Gasteiger partial charge in [-0.2, -0.15) is 0 Å². The van der Waals surface area contributed by atoms with Crippen LogP contribution >= 0.6 is 0 Å². The molecular weight excluding hydrogens is 755 g/mol. The van der Waals surface area contributed by atoms with E-state index in [1.165, 1.54) is 186 Å². The van der Waals surface area contributed by atoms with E-state index in [0.29, 0.717) is 19.4 Å². The topological polar surface area (TPSA) is 95.9 Å². The SMILES string of the molecule is CCCCCCCCCCCCCCCCCCCCCCC/C=C/C(O)C(CO)NC(=O)CCCCCC/C=C\CCCCOC(=O)CCCCCCCCCCCCC. The summed E-state index contributed by atoms with van der Waals surface area (Å²) in [6, 6.07) is -0.653. The van der Waals surface area contributed by atoms with E-state index in [9.17, 15) is 19.8 Å². The molecule has 360 valence electrons. The molecule has 0 aliphatic carbocycles. The van der Waals surface area contributed by atoms with Crippen LogP contribution in [0.3, 0.4) is 0 Å². The highest BCUT2D eigenvalue weighted by atomic mass is 16.5. The minimum atomic E-state index is -0.866. The van der Waals surface area contributed by atoms with Gasteiger partial charge in [0, 0.05) is 12.8 Å². The second kappa shape index (κ2) is 51.0. The Bertz CT molecular complexity index is 951. The Morgan fingerprint density at radius 3 is 1.16 bits per heavy atom. The van der Waals surface area contributed by atoms with Crippen LogP contribution in [0.4, 0.5) is 0 Å². The first-order valence-electron chi connectivity index (χ1n) is 27.1. The zero-order valence-electron chi connectivity index (χ0n) is 40.9. The van der Waals surface area contributed by atoms with Crippen LogP contribution in [0.5, 0.6) is 0 Å². The van der Waals surface area contributed by atoms with Crippen molar-refractivity contribution in [2.24, 2.45) is 0 Å². The fourth-order valence-electron chi connectivity index (χ4n) is 8.27. The smallest absolute Gasteiger partial charge is 0.305 e. The Labute approximate surface area is 380 Å². The molecule has 0 bridgehead atoms. The largest absolute Gasteiger partial charge is 0.466 e. The van der Waals surface area contributed by atoms with Crippen molar-refractivity contribution < 1.29 is 24.5 Å². The van der Waals surface area contributed by atoms with Crippen molar-refractivity contribution in [2.75, 3.05) is 13.2 Å². The van der Waals surface area contributed by atoms with Crippen molar-refractivity contribution >= 4 is 11.9 Å². The fourth-order valence-corrected chi connectivity index (χ4v) is 8.27. The van der Waals surface area contributed by atoms with E-state index in [4.69, 9.17) is 4.74 Å². The highest BCUT2D eigenvalue weighted by Gasteiger charge is 2.18. The minimum Gasteiger partial charge on any atom is -0.466 e. The van der Waals surface area contributed by atoms with Crippen LogP contribution in [0.25, 0.3) is 0 Å². The Kier molecular flexibility index (Phi) is 49.6. The van der Waals surface area contributed by atoms with E-state index in [-0.39, 0.29) is 18.5 Å². The maximum absolute atomic E-state index is 12.4. The molecule has 0 rings (SSSR count). The Morgan fingerprint density at radius 2 is 0.770 bits per heavy atom. The number of allylic oxidation sites excluding steroid dienone is 3. The number of aliphatic hydroxyl groups excluding tert-OH is 2. The summed E-state index contributed by atoms with van der Waals surface area (Å²) in [7, 11) is 0. The van der Waals surface area contributed by atoms with E-state index in [1.54, 1.807) is 6.08 Å². The number of carbonyl (C=O) groups excluding carboxylic acids is 2. The molecular formula is C55H105NO5. The van der Waals surface area contributed by atoms with Crippen molar-refractivity contribution in [3.63, 3.8) is 0 Å². The molecule has 0 spiro atoms. The van der Waals surface area contributed by atoms with Crippen LogP contribution < -0.4 is 5.32 Å².